The zero-order valence-corrected chi connectivity index (χ0v) is 22.1. The van der Waals surface area contributed by atoms with Crippen LogP contribution in [0.3, 0.4) is 0 Å². The average molecular weight is 595 g/mol. The van der Waals surface area contributed by atoms with Crippen LogP contribution in [0.1, 0.15) is 27.9 Å². The number of ether oxygens (including phenoxy) is 1. The van der Waals surface area contributed by atoms with Crippen molar-refractivity contribution >= 4 is 52.8 Å². The van der Waals surface area contributed by atoms with Crippen molar-refractivity contribution in [1.82, 2.24) is 5.32 Å². The van der Waals surface area contributed by atoms with E-state index in [0.29, 0.717) is 16.0 Å². The highest BCUT2D eigenvalue weighted by Crippen LogP contribution is 2.45. The molecule has 3 aromatic rings. The Hall–Kier alpha value is -4.09. The minimum absolute atomic E-state index is 0.0291. The van der Waals surface area contributed by atoms with Gasteiger partial charge in [-0.15, -0.1) is 0 Å². The van der Waals surface area contributed by atoms with E-state index >= 15 is 0 Å². The van der Waals surface area contributed by atoms with Gasteiger partial charge in [0.15, 0.2) is 0 Å². The van der Waals surface area contributed by atoms with E-state index < -0.39 is 52.9 Å². The third kappa shape index (κ3) is 5.47. The Bertz CT molecular complexity index is 1520. The topological polar surface area (TPSA) is 113 Å². The van der Waals surface area contributed by atoms with E-state index in [2.05, 4.69) is 5.32 Å². The fourth-order valence-electron chi connectivity index (χ4n) is 4.58. The summed E-state index contributed by atoms with van der Waals surface area (Å²) in [4.78, 5) is 50.7. The molecule has 8 nitrogen and oxygen atoms in total. The molecule has 208 valence electrons. The van der Waals surface area contributed by atoms with E-state index in [1.54, 1.807) is 0 Å². The van der Waals surface area contributed by atoms with Crippen LogP contribution in [0.15, 0.2) is 42.5 Å². The number of nitrogens with zero attached hydrogens (tertiary/aromatic N) is 1. The highest BCUT2D eigenvalue weighted by molar-refractivity contribution is 6.39. The molecule has 0 saturated heterocycles. The Morgan fingerprint density at radius 3 is 2.25 bits per heavy atom. The van der Waals surface area contributed by atoms with Crippen LogP contribution >= 0.6 is 23.2 Å². The molecular weight excluding hydrogens is 576 g/mol. The molecule has 2 N–H and O–H groups in total. The fourth-order valence-corrected chi connectivity index (χ4v) is 5.24. The summed E-state index contributed by atoms with van der Waals surface area (Å²) < 4.78 is 47.0. The van der Waals surface area contributed by atoms with Crippen molar-refractivity contribution in [3.63, 3.8) is 0 Å². The lowest BCUT2D eigenvalue weighted by molar-refractivity contribution is -0.142. The molecule has 0 spiro atoms. The third-order valence-electron chi connectivity index (χ3n) is 6.31. The highest BCUT2D eigenvalue weighted by atomic mass is 35.5. The van der Waals surface area contributed by atoms with Crippen LogP contribution in [0, 0.1) is 17.5 Å². The molecule has 4 rings (SSSR count). The lowest BCUT2D eigenvalue weighted by atomic mass is 9.87. The van der Waals surface area contributed by atoms with E-state index in [-0.39, 0.29) is 46.1 Å². The SMILES string of the molecule is COC(=O)[C@H](Cc1ccc(-c2c(Cl)cc(F)cc2Cl)c2c1CCC(=O)N2C(=O)O)NC(=O)c1c(F)cccc1F. The quantitative estimate of drug-likeness (QED) is 0.362. The van der Waals surface area contributed by atoms with Crippen molar-refractivity contribution in [2.24, 2.45) is 0 Å². The monoisotopic (exact) mass is 594 g/mol. The molecule has 13 heteroatoms. The summed E-state index contributed by atoms with van der Waals surface area (Å²) >= 11 is 12.5. The molecule has 0 aromatic heterocycles. The minimum Gasteiger partial charge on any atom is -0.467 e. The Kier molecular flexibility index (Phi) is 8.36. The normalized spacial score (nSPS) is 13.4. The largest absolute Gasteiger partial charge is 0.467 e. The predicted molar refractivity (Wildman–Crippen MR) is 139 cm³/mol. The van der Waals surface area contributed by atoms with Crippen molar-refractivity contribution in [3.05, 3.63) is 86.7 Å². The van der Waals surface area contributed by atoms with Gasteiger partial charge in [0.25, 0.3) is 5.91 Å². The number of imide groups is 1. The molecule has 3 amide bonds. The van der Waals surface area contributed by atoms with E-state index in [1.165, 1.54) is 12.1 Å². The van der Waals surface area contributed by atoms with Gasteiger partial charge in [-0.25, -0.2) is 27.7 Å². The number of halogens is 5. The first-order chi connectivity index (χ1) is 18.9. The second-order valence-electron chi connectivity index (χ2n) is 8.71. The van der Waals surface area contributed by atoms with Crippen molar-refractivity contribution in [3.8, 4) is 11.1 Å². The fraction of sp³-hybridized carbons (Fsp3) is 0.185. The summed E-state index contributed by atoms with van der Waals surface area (Å²) in [6.07, 6.45) is -2.09. The van der Waals surface area contributed by atoms with E-state index in [1.807, 2.05) is 0 Å². The van der Waals surface area contributed by atoms with Crippen LogP contribution in [0.25, 0.3) is 11.1 Å². The van der Waals surface area contributed by atoms with Crippen LogP contribution in [0.5, 0.6) is 0 Å². The van der Waals surface area contributed by atoms with Crippen LogP contribution in [-0.2, 0) is 27.2 Å². The number of carbonyl (C=O) groups is 4. The second-order valence-corrected chi connectivity index (χ2v) is 9.52. The number of carboxylic acid groups (broad SMARTS) is 1. The molecule has 0 fully saturated rings. The standard InChI is InChI=1S/C27H19Cl2F3N2O6/c1-40-26(37)20(33-25(36)23-18(31)3-2-4-19(23)32)9-12-5-6-15(22-16(28)10-13(30)11-17(22)29)24-14(12)7-8-21(35)34(24)27(38)39/h2-6,10-11,20H,7-9H2,1H3,(H,33,36)(H,38,39)/t20-/m0/s1. The lowest BCUT2D eigenvalue weighted by Gasteiger charge is -2.31. The zero-order valence-electron chi connectivity index (χ0n) is 20.6. The molecule has 40 heavy (non-hydrogen) atoms. The number of hydrogen-bond acceptors (Lipinski definition) is 5. The predicted octanol–water partition coefficient (Wildman–Crippen LogP) is 5.55. The Labute approximate surface area is 235 Å². The molecular formula is C27H19Cl2F3N2O6. The van der Waals surface area contributed by atoms with Gasteiger partial charge in [-0.2, -0.15) is 0 Å². The molecule has 1 aliphatic heterocycles. The number of amides is 3. The van der Waals surface area contributed by atoms with Crippen LogP contribution < -0.4 is 10.2 Å². The van der Waals surface area contributed by atoms with E-state index in [4.69, 9.17) is 27.9 Å². The molecule has 0 bridgehead atoms. The summed E-state index contributed by atoms with van der Waals surface area (Å²) in [5.41, 5.74) is -0.214. The third-order valence-corrected chi connectivity index (χ3v) is 6.91. The Balaban J connectivity index is 1.84. The highest BCUT2D eigenvalue weighted by Gasteiger charge is 2.36. The van der Waals surface area contributed by atoms with E-state index in [9.17, 15) is 37.5 Å². The minimum atomic E-state index is -1.61. The van der Waals surface area contributed by atoms with Gasteiger partial charge in [0.05, 0.1) is 22.8 Å². The van der Waals surface area contributed by atoms with Crippen LogP contribution in [0.2, 0.25) is 10.0 Å². The molecule has 1 heterocycles. The van der Waals surface area contributed by atoms with Crippen molar-refractivity contribution in [1.29, 1.82) is 0 Å². The van der Waals surface area contributed by atoms with Gasteiger partial charge in [0, 0.05) is 24.0 Å². The van der Waals surface area contributed by atoms with Crippen LogP contribution in [-0.4, -0.2) is 42.1 Å². The number of methoxy groups -OCH3 is 1. The number of anilines is 1. The first kappa shape index (κ1) is 28.9. The van der Waals surface area contributed by atoms with Gasteiger partial charge >= 0.3 is 12.1 Å². The molecule has 0 saturated carbocycles. The van der Waals surface area contributed by atoms with Gasteiger partial charge in [-0.3, -0.25) is 9.59 Å². The van der Waals surface area contributed by atoms with Gasteiger partial charge in [-0.1, -0.05) is 41.4 Å². The maximum absolute atomic E-state index is 14.2. The maximum atomic E-state index is 14.2. The van der Waals surface area contributed by atoms with Crippen molar-refractivity contribution in [2.45, 2.75) is 25.3 Å². The first-order valence-electron chi connectivity index (χ1n) is 11.6. The molecule has 0 aliphatic carbocycles. The maximum Gasteiger partial charge on any atom is 0.418 e. The number of hydrogen-bond donors (Lipinski definition) is 2. The summed E-state index contributed by atoms with van der Waals surface area (Å²) in [6, 6.07) is 6.20. The summed E-state index contributed by atoms with van der Waals surface area (Å²) in [6.45, 7) is 0. The number of carbonyl (C=O) groups excluding carboxylic acids is 3. The molecule has 0 unspecified atom stereocenters. The molecule has 1 atom stereocenters. The first-order valence-corrected chi connectivity index (χ1v) is 12.4. The van der Waals surface area contributed by atoms with Crippen molar-refractivity contribution in [2.75, 3.05) is 12.0 Å². The number of rotatable bonds is 6. The summed E-state index contributed by atoms with van der Waals surface area (Å²) in [5, 5.41) is 11.9. The molecule has 1 aliphatic rings. The van der Waals surface area contributed by atoms with Crippen molar-refractivity contribution < 1.29 is 42.2 Å². The number of fused-ring (bicyclic) bond motifs is 1. The molecule has 3 aromatic carbocycles. The van der Waals surface area contributed by atoms with E-state index in [0.717, 1.165) is 37.4 Å². The second kappa shape index (κ2) is 11.6. The smallest absolute Gasteiger partial charge is 0.418 e. The van der Waals surface area contributed by atoms with Gasteiger partial charge in [0.1, 0.15) is 29.1 Å². The Morgan fingerprint density at radius 2 is 1.68 bits per heavy atom. The lowest BCUT2D eigenvalue weighted by Crippen LogP contribution is -2.44. The average Bonchev–Trinajstić information content (AvgIpc) is 2.87. The van der Waals surface area contributed by atoms with Gasteiger partial charge < -0.3 is 15.2 Å². The summed E-state index contributed by atoms with van der Waals surface area (Å²) in [5.74, 6) is -5.95. The number of nitrogens with one attached hydrogen (secondary N) is 1. The zero-order chi connectivity index (χ0) is 29.3. The van der Waals surface area contributed by atoms with Crippen LogP contribution in [0.4, 0.5) is 23.7 Å². The van der Waals surface area contributed by atoms with Gasteiger partial charge in [0.2, 0.25) is 5.91 Å². The Morgan fingerprint density at radius 1 is 1.05 bits per heavy atom. The number of benzene rings is 3. The van der Waals surface area contributed by atoms with Gasteiger partial charge in [-0.05, 0) is 41.8 Å². The number of esters is 1. The summed E-state index contributed by atoms with van der Waals surface area (Å²) in [7, 11) is 1.05. The molecule has 0 radical (unpaired) electrons.